The molecule has 1 aliphatic heterocycles. The molecule has 2 atom stereocenters. The standard InChI is InChI=1S/C19H18BrNO5/c1-21-17(10-5-4-6-11(20)7-10)16(19(23)24)12-8-14(25-2)15(26-3)9-13(12)18(21)22/h4-9,16-17H,1-3H3,(H,23,24)/t16-,17+/m1/s1. The number of benzene rings is 2. The highest BCUT2D eigenvalue weighted by Crippen LogP contribution is 2.45. The maximum absolute atomic E-state index is 12.9. The maximum Gasteiger partial charge on any atom is 0.313 e. The van der Waals surface area contributed by atoms with Gasteiger partial charge >= 0.3 is 5.97 Å². The van der Waals surface area contributed by atoms with E-state index >= 15 is 0 Å². The summed E-state index contributed by atoms with van der Waals surface area (Å²) in [5, 5.41) is 9.96. The van der Waals surface area contributed by atoms with Crippen LogP contribution in [-0.4, -0.2) is 43.2 Å². The molecule has 1 N–H and O–H groups in total. The Hall–Kier alpha value is -2.54. The lowest BCUT2D eigenvalue weighted by molar-refractivity contribution is -0.140. The van der Waals surface area contributed by atoms with Crippen LogP contribution in [0.3, 0.4) is 0 Å². The lowest BCUT2D eigenvalue weighted by atomic mass is 9.80. The molecule has 7 heteroatoms. The molecule has 136 valence electrons. The third kappa shape index (κ3) is 2.92. The molecule has 0 spiro atoms. The third-order valence-corrected chi connectivity index (χ3v) is 5.12. The minimum absolute atomic E-state index is 0.261. The molecule has 1 amide bonds. The number of amides is 1. The summed E-state index contributed by atoms with van der Waals surface area (Å²) in [7, 11) is 4.56. The van der Waals surface area contributed by atoms with Crippen molar-refractivity contribution in [3.05, 3.63) is 57.6 Å². The topological polar surface area (TPSA) is 76.1 Å². The molecule has 0 radical (unpaired) electrons. The number of hydrogen-bond acceptors (Lipinski definition) is 4. The Bertz CT molecular complexity index is 882. The van der Waals surface area contributed by atoms with E-state index in [0.29, 0.717) is 22.6 Å². The Morgan fingerprint density at radius 1 is 1.15 bits per heavy atom. The van der Waals surface area contributed by atoms with E-state index in [1.54, 1.807) is 19.2 Å². The average molecular weight is 420 g/mol. The van der Waals surface area contributed by atoms with Gasteiger partial charge in [0.15, 0.2) is 11.5 Å². The Labute approximate surface area is 159 Å². The molecule has 0 saturated heterocycles. The molecule has 26 heavy (non-hydrogen) atoms. The van der Waals surface area contributed by atoms with Gasteiger partial charge in [-0.15, -0.1) is 0 Å². The Morgan fingerprint density at radius 3 is 2.38 bits per heavy atom. The molecule has 0 bridgehead atoms. The summed E-state index contributed by atoms with van der Waals surface area (Å²) in [4.78, 5) is 26.6. The minimum Gasteiger partial charge on any atom is -0.493 e. The fraction of sp³-hybridized carbons (Fsp3) is 0.263. The molecular formula is C19H18BrNO5. The predicted molar refractivity (Wildman–Crippen MR) is 98.9 cm³/mol. The minimum atomic E-state index is -1.01. The summed E-state index contributed by atoms with van der Waals surface area (Å²) < 4.78 is 11.4. The summed E-state index contributed by atoms with van der Waals surface area (Å²) in [6.07, 6.45) is 0. The van der Waals surface area contributed by atoms with E-state index in [1.807, 2.05) is 24.3 Å². The maximum atomic E-state index is 12.9. The van der Waals surface area contributed by atoms with Crippen molar-refractivity contribution in [2.45, 2.75) is 12.0 Å². The van der Waals surface area contributed by atoms with Gasteiger partial charge in [0.25, 0.3) is 5.91 Å². The van der Waals surface area contributed by atoms with Crippen molar-refractivity contribution in [3.8, 4) is 11.5 Å². The number of ether oxygens (including phenoxy) is 2. The normalized spacial score (nSPS) is 19.1. The van der Waals surface area contributed by atoms with Gasteiger partial charge in [-0.1, -0.05) is 28.1 Å². The largest absolute Gasteiger partial charge is 0.493 e. The van der Waals surface area contributed by atoms with Crippen LogP contribution in [0.1, 0.15) is 33.4 Å². The number of halogens is 1. The van der Waals surface area contributed by atoms with Crippen molar-refractivity contribution in [2.24, 2.45) is 0 Å². The van der Waals surface area contributed by atoms with Gasteiger partial charge in [-0.2, -0.15) is 0 Å². The van der Waals surface area contributed by atoms with Gasteiger partial charge in [-0.05, 0) is 35.4 Å². The van der Waals surface area contributed by atoms with Crippen LogP contribution in [0.2, 0.25) is 0 Å². The van der Waals surface area contributed by atoms with Crippen molar-refractivity contribution < 1.29 is 24.2 Å². The lowest BCUT2D eigenvalue weighted by Crippen LogP contribution is -2.42. The van der Waals surface area contributed by atoms with E-state index in [-0.39, 0.29) is 5.91 Å². The number of nitrogens with zero attached hydrogens (tertiary/aromatic N) is 1. The van der Waals surface area contributed by atoms with Crippen molar-refractivity contribution in [3.63, 3.8) is 0 Å². The van der Waals surface area contributed by atoms with Crippen LogP contribution in [0.5, 0.6) is 11.5 Å². The first-order valence-electron chi connectivity index (χ1n) is 7.90. The fourth-order valence-corrected chi connectivity index (χ4v) is 3.84. The van der Waals surface area contributed by atoms with Crippen molar-refractivity contribution in [2.75, 3.05) is 21.3 Å². The fourth-order valence-electron chi connectivity index (χ4n) is 3.42. The van der Waals surface area contributed by atoms with Gasteiger partial charge in [0.1, 0.15) is 5.92 Å². The Balaban J connectivity index is 2.25. The SMILES string of the molecule is COc1cc2c(cc1OC)[C@@H](C(=O)O)[C@H](c1cccc(Br)c1)N(C)C2=O. The highest BCUT2D eigenvalue weighted by Gasteiger charge is 2.43. The van der Waals surface area contributed by atoms with Crippen LogP contribution in [0.4, 0.5) is 0 Å². The van der Waals surface area contributed by atoms with Crippen molar-refractivity contribution in [1.82, 2.24) is 4.90 Å². The molecule has 0 unspecified atom stereocenters. The van der Waals surface area contributed by atoms with Crippen molar-refractivity contribution >= 4 is 27.8 Å². The van der Waals surface area contributed by atoms with Gasteiger partial charge in [0.05, 0.1) is 20.3 Å². The number of aliphatic carboxylic acids is 1. The van der Waals surface area contributed by atoms with Gasteiger partial charge in [-0.3, -0.25) is 9.59 Å². The molecule has 2 aromatic rings. The number of carboxylic acids is 1. The number of likely N-dealkylation sites (N-methyl/N-ethyl adjacent to an activating group) is 1. The molecule has 3 rings (SSSR count). The van der Waals surface area contributed by atoms with Crippen LogP contribution >= 0.6 is 15.9 Å². The van der Waals surface area contributed by atoms with E-state index in [0.717, 1.165) is 10.0 Å². The van der Waals surface area contributed by atoms with Crippen LogP contribution in [0.25, 0.3) is 0 Å². The van der Waals surface area contributed by atoms with Gasteiger partial charge in [0.2, 0.25) is 0 Å². The second kappa shape index (κ2) is 6.99. The van der Waals surface area contributed by atoms with E-state index in [2.05, 4.69) is 15.9 Å². The Kier molecular flexibility index (Phi) is 4.91. The molecule has 0 aromatic heterocycles. The number of fused-ring (bicyclic) bond motifs is 1. The molecule has 0 aliphatic carbocycles. The second-order valence-corrected chi connectivity index (χ2v) is 6.94. The third-order valence-electron chi connectivity index (χ3n) is 4.63. The van der Waals surface area contributed by atoms with Crippen LogP contribution < -0.4 is 9.47 Å². The molecule has 2 aromatic carbocycles. The number of carbonyl (C=O) groups excluding carboxylic acids is 1. The van der Waals surface area contributed by atoms with Crippen LogP contribution in [0, 0.1) is 0 Å². The predicted octanol–water partition coefficient (Wildman–Crippen LogP) is 3.46. The monoisotopic (exact) mass is 419 g/mol. The van der Waals surface area contributed by atoms with Gasteiger partial charge in [-0.25, -0.2) is 0 Å². The summed E-state index contributed by atoms with van der Waals surface area (Å²) in [5.74, 6) is -1.42. The van der Waals surface area contributed by atoms with Gasteiger partial charge in [0, 0.05) is 17.1 Å². The zero-order valence-electron chi connectivity index (χ0n) is 14.5. The summed E-state index contributed by atoms with van der Waals surface area (Å²) in [6.45, 7) is 0. The van der Waals surface area contributed by atoms with E-state index < -0.39 is 17.9 Å². The second-order valence-electron chi connectivity index (χ2n) is 6.03. The highest BCUT2D eigenvalue weighted by molar-refractivity contribution is 9.10. The number of methoxy groups -OCH3 is 2. The summed E-state index contributed by atoms with van der Waals surface area (Å²) in [5.41, 5.74) is 1.47. The number of carboxylic acid groups (broad SMARTS) is 1. The molecular weight excluding hydrogens is 402 g/mol. The molecule has 0 fully saturated rings. The summed E-state index contributed by atoms with van der Waals surface area (Å²) >= 11 is 3.41. The first kappa shape index (κ1) is 18.3. The van der Waals surface area contributed by atoms with Crippen LogP contribution in [0.15, 0.2) is 40.9 Å². The average Bonchev–Trinajstić information content (AvgIpc) is 2.62. The molecule has 0 saturated carbocycles. The first-order chi connectivity index (χ1) is 12.4. The van der Waals surface area contributed by atoms with Crippen LogP contribution in [-0.2, 0) is 4.79 Å². The van der Waals surface area contributed by atoms with Gasteiger partial charge < -0.3 is 19.5 Å². The quantitative estimate of drug-likeness (QED) is 0.820. The number of carbonyl (C=O) groups is 2. The number of hydrogen-bond donors (Lipinski definition) is 1. The highest BCUT2D eigenvalue weighted by atomic mass is 79.9. The number of rotatable bonds is 4. The summed E-state index contributed by atoms with van der Waals surface area (Å²) in [6, 6.07) is 9.81. The van der Waals surface area contributed by atoms with Crippen molar-refractivity contribution in [1.29, 1.82) is 0 Å². The molecule has 6 nitrogen and oxygen atoms in total. The zero-order valence-corrected chi connectivity index (χ0v) is 16.1. The smallest absolute Gasteiger partial charge is 0.313 e. The van der Waals surface area contributed by atoms with E-state index in [4.69, 9.17) is 9.47 Å². The lowest BCUT2D eigenvalue weighted by Gasteiger charge is -2.39. The van der Waals surface area contributed by atoms with E-state index in [1.165, 1.54) is 19.1 Å². The van der Waals surface area contributed by atoms with E-state index in [9.17, 15) is 14.7 Å². The molecule has 1 heterocycles. The first-order valence-corrected chi connectivity index (χ1v) is 8.69. The molecule has 1 aliphatic rings. The Morgan fingerprint density at radius 2 is 1.81 bits per heavy atom. The zero-order chi connectivity index (χ0) is 19.0.